The average Bonchev–Trinajstić information content (AvgIpc) is 3.22. The van der Waals surface area contributed by atoms with Gasteiger partial charge in [0.1, 0.15) is 16.5 Å². The maximum atomic E-state index is 13.0. The minimum Gasteiger partial charge on any atom is -0.453 e. The molecule has 0 spiro atoms. The smallest absolute Gasteiger partial charge is 0.343 e. The second-order valence-electron chi connectivity index (χ2n) is 5.22. The van der Waals surface area contributed by atoms with Crippen LogP contribution in [0.1, 0.15) is 26.5 Å². The number of aromatic nitrogens is 3. The minimum absolute atomic E-state index is 0.0291. The molecule has 2 heterocycles. The Kier molecular flexibility index (Phi) is 4.67. The number of ketones is 1. The van der Waals surface area contributed by atoms with Gasteiger partial charge in [-0.3, -0.25) is 4.79 Å². The summed E-state index contributed by atoms with van der Waals surface area (Å²) < 4.78 is 19.4. The zero-order chi connectivity index (χ0) is 18.0. The lowest BCUT2D eigenvalue weighted by molar-refractivity contribution is 0.0473. The molecule has 8 heteroatoms. The highest BCUT2D eigenvalue weighted by Crippen LogP contribution is 2.24. The number of benzene rings is 1. The number of rotatable bonds is 5. The molecule has 0 amide bonds. The van der Waals surface area contributed by atoms with Crippen LogP contribution < -0.4 is 0 Å². The summed E-state index contributed by atoms with van der Waals surface area (Å²) in [6, 6.07) is 8.74. The molecule has 1 N–H and O–H groups in total. The number of H-pyrrole nitrogens is 1. The number of nitrogens with zero attached hydrogens (tertiary/aromatic N) is 2. The molecular weight excluding hydrogens is 349 g/mol. The fourth-order valence-electron chi connectivity index (χ4n) is 2.27. The summed E-state index contributed by atoms with van der Waals surface area (Å²) in [6.45, 7) is 1.17. The van der Waals surface area contributed by atoms with E-state index in [-0.39, 0.29) is 16.5 Å². The molecule has 6 nitrogen and oxygen atoms in total. The van der Waals surface area contributed by atoms with E-state index in [0.29, 0.717) is 17.1 Å². The summed E-state index contributed by atoms with van der Waals surface area (Å²) in [4.78, 5) is 26.9. The number of carbonyl (C=O) groups excluding carboxylic acids is 2. The van der Waals surface area contributed by atoms with Crippen molar-refractivity contribution in [1.29, 1.82) is 0 Å². The molecule has 0 aliphatic carbocycles. The first-order valence-electron chi connectivity index (χ1n) is 7.32. The lowest BCUT2D eigenvalue weighted by atomic mass is 10.2. The van der Waals surface area contributed by atoms with Gasteiger partial charge in [0.2, 0.25) is 5.78 Å². The predicted octanol–water partition coefficient (Wildman–Crippen LogP) is 3.34. The maximum Gasteiger partial charge on any atom is 0.343 e. The molecule has 0 bridgehead atoms. The molecule has 0 atom stereocenters. The molecule has 0 aliphatic heterocycles. The van der Waals surface area contributed by atoms with Crippen LogP contribution in [-0.2, 0) is 4.74 Å². The number of hydrogen-bond acceptors (Lipinski definition) is 4. The molecule has 0 unspecified atom stereocenters. The van der Waals surface area contributed by atoms with E-state index in [1.54, 1.807) is 25.3 Å². The molecule has 3 aromatic rings. The minimum atomic E-state index is -0.754. The zero-order valence-corrected chi connectivity index (χ0v) is 13.9. The lowest BCUT2D eigenvalue weighted by Crippen LogP contribution is -2.15. The average molecular weight is 362 g/mol. The Labute approximate surface area is 147 Å². The normalized spacial score (nSPS) is 10.7. The van der Waals surface area contributed by atoms with Crippen molar-refractivity contribution in [1.82, 2.24) is 14.8 Å². The first-order chi connectivity index (χ1) is 12.0. The standard InChI is InChI=1S/C17H13ClFN3O3/c1-10-15(17(24)25-9-14(23)13-3-2-8-20-13)16(18)22(21-10)12-6-4-11(19)5-7-12/h2-8,20H,9H2,1H3. The number of ether oxygens (including phenoxy) is 1. The highest BCUT2D eigenvalue weighted by molar-refractivity contribution is 6.33. The number of esters is 1. The van der Waals surface area contributed by atoms with E-state index in [0.717, 1.165) is 0 Å². The molecule has 128 valence electrons. The third-order valence-electron chi connectivity index (χ3n) is 3.51. The van der Waals surface area contributed by atoms with Crippen molar-refractivity contribution >= 4 is 23.4 Å². The van der Waals surface area contributed by atoms with Crippen molar-refractivity contribution in [2.75, 3.05) is 6.61 Å². The number of aryl methyl sites for hydroxylation is 1. The van der Waals surface area contributed by atoms with E-state index >= 15 is 0 Å². The fraction of sp³-hybridized carbons (Fsp3) is 0.118. The summed E-state index contributed by atoms with van der Waals surface area (Å²) in [5.74, 6) is -1.51. The van der Waals surface area contributed by atoms with Gasteiger partial charge in [-0.05, 0) is 43.3 Å². The van der Waals surface area contributed by atoms with Gasteiger partial charge in [-0.15, -0.1) is 0 Å². The van der Waals surface area contributed by atoms with Crippen molar-refractivity contribution in [3.05, 3.63) is 70.5 Å². The third kappa shape index (κ3) is 3.46. The van der Waals surface area contributed by atoms with Crippen LogP contribution in [0, 0.1) is 12.7 Å². The van der Waals surface area contributed by atoms with Crippen LogP contribution in [-0.4, -0.2) is 33.1 Å². The number of Topliss-reactive ketones (excluding diaryl/α,β-unsaturated/α-hetero) is 1. The largest absolute Gasteiger partial charge is 0.453 e. The highest BCUT2D eigenvalue weighted by atomic mass is 35.5. The topological polar surface area (TPSA) is 77.0 Å². The van der Waals surface area contributed by atoms with Crippen LogP contribution in [0.25, 0.3) is 5.69 Å². The van der Waals surface area contributed by atoms with Crippen LogP contribution in [0.3, 0.4) is 0 Å². The van der Waals surface area contributed by atoms with E-state index in [1.165, 1.54) is 28.9 Å². The van der Waals surface area contributed by atoms with Crippen LogP contribution in [0.5, 0.6) is 0 Å². The van der Waals surface area contributed by atoms with Gasteiger partial charge in [-0.1, -0.05) is 11.6 Å². The van der Waals surface area contributed by atoms with Crippen molar-refractivity contribution in [3.8, 4) is 5.69 Å². The fourth-order valence-corrected chi connectivity index (χ4v) is 2.62. The van der Waals surface area contributed by atoms with Gasteiger partial charge in [0.05, 0.1) is 17.1 Å². The maximum absolute atomic E-state index is 13.0. The molecule has 0 aliphatic rings. The quantitative estimate of drug-likeness (QED) is 0.558. The van der Waals surface area contributed by atoms with E-state index in [1.807, 2.05) is 0 Å². The number of nitrogens with one attached hydrogen (secondary N) is 1. The molecule has 0 saturated heterocycles. The monoisotopic (exact) mass is 361 g/mol. The van der Waals surface area contributed by atoms with E-state index in [9.17, 15) is 14.0 Å². The Morgan fingerprint density at radius 1 is 1.28 bits per heavy atom. The lowest BCUT2D eigenvalue weighted by Gasteiger charge is -2.04. The van der Waals surface area contributed by atoms with Gasteiger partial charge in [-0.2, -0.15) is 5.10 Å². The van der Waals surface area contributed by atoms with Gasteiger partial charge in [0, 0.05) is 6.20 Å². The van der Waals surface area contributed by atoms with Gasteiger partial charge >= 0.3 is 5.97 Å². The molecular formula is C17H13ClFN3O3. The SMILES string of the molecule is Cc1nn(-c2ccc(F)cc2)c(Cl)c1C(=O)OCC(=O)c1ccc[nH]1. The van der Waals surface area contributed by atoms with Gasteiger partial charge < -0.3 is 9.72 Å². The predicted molar refractivity (Wildman–Crippen MR) is 88.7 cm³/mol. The van der Waals surface area contributed by atoms with Crippen molar-refractivity contribution < 1.29 is 18.7 Å². The molecule has 0 saturated carbocycles. The molecule has 1 aromatic carbocycles. The zero-order valence-electron chi connectivity index (χ0n) is 13.1. The van der Waals surface area contributed by atoms with Crippen LogP contribution in [0.4, 0.5) is 4.39 Å². The Balaban J connectivity index is 1.79. The van der Waals surface area contributed by atoms with Crippen LogP contribution in [0.15, 0.2) is 42.6 Å². The van der Waals surface area contributed by atoms with E-state index < -0.39 is 18.4 Å². The van der Waals surface area contributed by atoms with Crippen LogP contribution >= 0.6 is 11.6 Å². The highest BCUT2D eigenvalue weighted by Gasteiger charge is 2.23. The first-order valence-corrected chi connectivity index (χ1v) is 7.70. The third-order valence-corrected chi connectivity index (χ3v) is 3.86. The molecule has 0 fully saturated rings. The molecule has 25 heavy (non-hydrogen) atoms. The van der Waals surface area contributed by atoms with Crippen LogP contribution in [0.2, 0.25) is 5.15 Å². The molecule has 0 radical (unpaired) electrons. The van der Waals surface area contributed by atoms with Crippen molar-refractivity contribution in [2.24, 2.45) is 0 Å². The molecule has 3 rings (SSSR count). The van der Waals surface area contributed by atoms with Gasteiger partial charge in [-0.25, -0.2) is 13.9 Å². The number of hydrogen-bond donors (Lipinski definition) is 1. The first kappa shape index (κ1) is 16.9. The Bertz CT molecular complexity index is 918. The molecule has 2 aromatic heterocycles. The number of aromatic amines is 1. The summed E-state index contributed by atoms with van der Waals surface area (Å²) in [7, 11) is 0. The summed E-state index contributed by atoms with van der Waals surface area (Å²) in [5, 5.41) is 4.21. The summed E-state index contributed by atoms with van der Waals surface area (Å²) in [6.07, 6.45) is 1.60. The van der Waals surface area contributed by atoms with E-state index in [2.05, 4.69) is 10.1 Å². The van der Waals surface area contributed by atoms with E-state index in [4.69, 9.17) is 16.3 Å². The number of halogens is 2. The van der Waals surface area contributed by atoms with Gasteiger partial charge in [0.25, 0.3) is 0 Å². The van der Waals surface area contributed by atoms with Crippen molar-refractivity contribution in [3.63, 3.8) is 0 Å². The second kappa shape index (κ2) is 6.90. The Morgan fingerprint density at radius 3 is 2.64 bits per heavy atom. The number of carbonyl (C=O) groups is 2. The Hall–Kier alpha value is -2.93. The summed E-state index contributed by atoms with van der Waals surface area (Å²) >= 11 is 6.23. The van der Waals surface area contributed by atoms with Crippen molar-refractivity contribution in [2.45, 2.75) is 6.92 Å². The second-order valence-corrected chi connectivity index (χ2v) is 5.58. The summed E-state index contributed by atoms with van der Waals surface area (Å²) in [5.41, 5.74) is 1.24. The van der Waals surface area contributed by atoms with Gasteiger partial charge in [0.15, 0.2) is 6.61 Å². The Morgan fingerprint density at radius 2 is 2.00 bits per heavy atom.